The zero-order valence-electron chi connectivity index (χ0n) is 15.6. The van der Waals surface area contributed by atoms with E-state index in [-0.39, 0.29) is 0 Å². The molecule has 0 bridgehead atoms. The highest BCUT2D eigenvalue weighted by Gasteiger charge is 2.37. The summed E-state index contributed by atoms with van der Waals surface area (Å²) in [5.74, 6) is -5.09. The smallest absolute Gasteiger partial charge is 0.314 e. The van der Waals surface area contributed by atoms with E-state index >= 15 is 0 Å². The highest BCUT2D eigenvalue weighted by atomic mass is 19.2. The van der Waals surface area contributed by atoms with Gasteiger partial charge in [0.15, 0.2) is 23.3 Å². The second-order valence-electron chi connectivity index (χ2n) is 7.27. The number of rotatable bonds is 2. The molecule has 10 heteroatoms. The molecule has 7 nitrogen and oxygen atoms in total. The monoisotopic (exact) mass is 407 g/mol. The fourth-order valence-corrected chi connectivity index (χ4v) is 3.96. The molecule has 2 aliphatic rings. The summed E-state index contributed by atoms with van der Waals surface area (Å²) in [7, 11) is 0. The number of nitrogens with one attached hydrogen (secondary N) is 1. The second kappa shape index (κ2) is 7.84. The summed E-state index contributed by atoms with van der Waals surface area (Å²) in [6.07, 6.45) is 5.27. The van der Waals surface area contributed by atoms with Gasteiger partial charge in [-0.1, -0.05) is 6.42 Å². The fraction of sp³-hybridized carbons (Fsp3) is 0.474. The van der Waals surface area contributed by atoms with Gasteiger partial charge in [-0.3, -0.25) is 9.59 Å². The van der Waals surface area contributed by atoms with Crippen molar-refractivity contribution in [1.82, 2.24) is 19.7 Å². The van der Waals surface area contributed by atoms with Crippen LogP contribution in [0.4, 0.5) is 18.9 Å². The van der Waals surface area contributed by atoms with E-state index in [4.69, 9.17) is 0 Å². The fourth-order valence-electron chi connectivity index (χ4n) is 3.96. The van der Waals surface area contributed by atoms with Gasteiger partial charge >= 0.3 is 11.8 Å². The lowest BCUT2D eigenvalue weighted by Gasteiger charge is -2.24. The number of hydrogen-bond donors (Lipinski definition) is 1. The molecule has 1 aromatic heterocycles. The van der Waals surface area contributed by atoms with Gasteiger partial charge in [-0.15, -0.1) is 10.2 Å². The lowest BCUT2D eigenvalue weighted by atomic mass is 10.2. The molecule has 2 amide bonds. The van der Waals surface area contributed by atoms with Crippen molar-refractivity contribution in [3.63, 3.8) is 0 Å². The molecule has 1 fully saturated rings. The number of carbonyl (C=O) groups excluding carboxylic acids is 2. The van der Waals surface area contributed by atoms with Crippen LogP contribution < -0.4 is 5.32 Å². The molecule has 0 unspecified atom stereocenters. The highest BCUT2D eigenvalue weighted by molar-refractivity contribution is 6.39. The molecule has 154 valence electrons. The number of nitrogens with zero attached hydrogens (tertiary/aromatic N) is 4. The molecule has 1 aromatic carbocycles. The molecule has 29 heavy (non-hydrogen) atoms. The van der Waals surface area contributed by atoms with Crippen LogP contribution >= 0.6 is 0 Å². The summed E-state index contributed by atoms with van der Waals surface area (Å²) < 4.78 is 42.3. The number of amides is 2. The standard InChI is InChI=1S/C19H20F3N5O2/c20-11-7-8-12(16(22)15(11)21)23-18(28)19(29)26-10-4-5-13(26)17-25-24-14-6-2-1-3-9-27(14)17/h7-8,13H,1-6,9-10H2,(H,23,28)/t13-/m1/s1. The van der Waals surface area contributed by atoms with Gasteiger partial charge in [-0.05, 0) is 37.8 Å². The SMILES string of the molecule is O=C(Nc1ccc(F)c(F)c1F)C(=O)N1CCC[C@@H]1c1nnc2n1CCCCC2. The minimum absolute atomic E-state index is 0.347. The first kappa shape index (κ1) is 19.4. The van der Waals surface area contributed by atoms with E-state index in [0.29, 0.717) is 31.3 Å². The topological polar surface area (TPSA) is 80.1 Å². The van der Waals surface area contributed by atoms with Crippen LogP contribution in [-0.4, -0.2) is 38.0 Å². The lowest BCUT2D eigenvalue weighted by molar-refractivity contribution is -0.143. The summed E-state index contributed by atoms with van der Waals surface area (Å²) in [5.41, 5.74) is -0.589. The average Bonchev–Trinajstić information content (AvgIpc) is 3.28. The van der Waals surface area contributed by atoms with E-state index in [9.17, 15) is 22.8 Å². The Bertz CT molecular complexity index is 962. The third-order valence-corrected chi connectivity index (χ3v) is 5.43. The minimum atomic E-state index is -1.71. The first-order chi connectivity index (χ1) is 14.0. The van der Waals surface area contributed by atoms with Crippen molar-refractivity contribution in [3.8, 4) is 0 Å². The summed E-state index contributed by atoms with van der Waals surface area (Å²) in [6, 6.07) is 1.16. The van der Waals surface area contributed by atoms with Crippen molar-refractivity contribution in [3.05, 3.63) is 41.2 Å². The molecule has 4 rings (SSSR count). The highest BCUT2D eigenvalue weighted by Crippen LogP contribution is 2.32. The zero-order chi connectivity index (χ0) is 20.5. The van der Waals surface area contributed by atoms with E-state index in [1.54, 1.807) is 0 Å². The van der Waals surface area contributed by atoms with Crippen molar-refractivity contribution in [2.45, 2.75) is 51.1 Å². The molecule has 2 aromatic rings. The third-order valence-electron chi connectivity index (χ3n) is 5.43. The maximum absolute atomic E-state index is 13.8. The molecule has 0 saturated carbocycles. The number of benzene rings is 1. The number of carbonyl (C=O) groups is 2. The number of likely N-dealkylation sites (tertiary alicyclic amines) is 1. The first-order valence-electron chi connectivity index (χ1n) is 9.65. The van der Waals surface area contributed by atoms with Crippen molar-refractivity contribution >= 4 is 17.5 Å². The Balaban J connectivity index is 1.53. The molecular weight excluding hydrogens is 387 g/mol. The van der Waals surface area contributed by atoms with E-state index < -0.39 is 41.0 Å². The Morgan fingerprint density at radius 3 is 2.66 bits per heavy atom. The normalized spacial score (nSPS) is 19.0. The average molecular weight is 407 g/mol. The Labute approximate surface area is 164 Å². The van der Waals surface area contributed by atoms with Crippen LogP contribution in [0.3, 0.4) is 0 Å². The van der Waals surface area contributed by atoms with Crippen molar-refractivity contribution < 1.29 is 22.8 Å². The summed E-state index contributed by atoms with van der Waals surface area (Å²) >= 11 is 0. The van der Waals surface area contributed by atoms with Crippen molar-refractivity contribution in [1.29, 1.82) is 0 Å². The van der Waals surface area contributed by atoms with Crippen LogP contribution in [0, 0.1) is 17.5 Å². The van der Waals surface area contributed by atoms with Gasteiger partial charge in [0.25, 0.3) is 0 Å². The van der Waals surface area contributed by atoms with Crippen LogP contribution in [0.15, 0.2) is 12.1 Å². The van der Waals surface area contributed by atoms with Gasteiger partial charge in [-0.25, -0.2) is 13.2 Å². The van der Waals surface area contributed by atoms with Crippen molar-refractivity contribution in [2.75, 3.05) is 11.9 Å². The molecule has 1 N–H and O–H groups in total. The Morgan fingerprint density at radius 2 is 1.83 bits per heavy atom. The minimum Gasteiger partial charge on any atom is -0.324 e. The first-order valence-corrected chi connectivity index (χ1v) is 9.65. The predicted octanol–water partition coefficient (Wildman–Crippen LogP) is 2.72. The molecule has 1 saturated heterocycles. The van der Waals surface area contributed by atoms with Crippen LogP contribution in [-0.2, 0) is 22.6 Å². The molecule has 2 aliphatic heterocycles. The van der Waals surface area contributed by atoms with Crippen molar-refractivity contribution in [2.24, 2.45) is 0 Å². The van der Waals surface area contributed by atoms with E-state index in [2.05, 4.69) is 10.2 Å². The second-order valence-corrected chi connectivity index (χ2v) is 7.27. The summed E-state index contributed by atoms with van der Waals surface area (Å²) in [6.45, 7) is 1.11. The van der Waals surface area contributed by atoms with Crippen LogP contribution in [0.2, 0.25) is 0 Å². The van der Waals surface area contributed by atoms with Gasteiger partial charge < -0.3 is 14.8 Å². The quantitative estimate of drug-likeness (QED) is 0.613. The molecule has 0 spiro atoms. The zero-order valence-corrected chi connectivity index (χ0v) is 15.6. The van der Waals surface area contributed by atoms with E-state index in [0.717, 1.165) is 44.1 Å². The molecule has 0 aliphatic carbocycles. The number of hydrogen-bond acceptors (Lipinski definition) is 4. The van der Waals surface area contributed by atoms with Gasteiger partial charge in [0.05, 0.1) is 11.7 Å². The predicted molar refractivity (Wildman–Crippen MR) is 96.2 cm³/mol. The number of fused-ring (bicyclic) bond motifs is 1. The van der Waals surface area contributed by atoms with Gasteiger partial charge in [0.1, 0.15) is 5.82 Å². The number of aryl methyl sites for hydroxylation is 1. The molecular formula is C19H20F3N5O2. The molecule has 1 atom stereocenters. The summed E-state index contributed by atoms with van der Waals surface area (Å²) in [5, 5.41) is 10.6. The van der Waals surface area contributed by atoms with Gasteiger partial charge in [0, 0.05) is 19.5 Å². The number of aromatic nitrogens is 3. The number of anilines is 1. The van der Waals surface area contributed by atoms with Gasteiger partial charge in [0.2, 0.25) is 0 Å². The summed E-state index contributed by atoms with van der Waals surface area (Å²) in [4.78, 5) is 26.5. The van der Waals surface area contributed by atoms with Gasteiger partial charge in [-0.2, -0.15) is 0 Å². The van der Waals surface area contributed by atoms with Crippen LogP contribution in [0.5, 0.6) is 0 Å². The maximum atomic E-state index is 13.8. The Morgan fingerprint density at radius 1 is 1.00 bits per heavy atom. The maximum Gasteiger partial charge on any atom is 0.314 e. The van der Waals surface area contributed by atoms with E-state index in [1.165, 1.54) is 4.90 Å². The largest absolute Gasteiger partial charge is 0.324 e. The van der Waals surface area contributed by atoms with Crippen LogP contribution in [0.25, 0.3) is 0 Å². The molecule has 3 heterocycles. The Hall–Kier alpha value is -2.91. The third kappa shape index (κ3) is 3.58. The van der Waals surface area contributed by atoms with Crippen LogP contribution in [0.1, 0.15) is 49.8 Å². The lowest BCUT2D eigenvalue weighted by Crippen LogP contribution is -2.40. The molecule has 0 radical (unpaired) electrons. The Kier molecular flexibility index (Phi) is 5.25. The number of halogens is 3. The van der Waals surface area contributed by atoms with E-state index in [1.807, 2.05) is 9.88 Å².